The molecule has 0 aliphatic carbocycles. The third-order valence-electron chi connectivity index (χ3n) is 4.56. The van der Waals surface area contributed by atoms with Gasteiger partial charge in [-0.2, -0.15) is 13.2 Å². The van der Waals surface area contributed by atoms with Crippen LogP contribution in [0.5, 0.6) is 0 Å². The summed E-state index contributed by atoms with van der Waals surface area (Å²) in [7, 11) is 0. The summed E-state index contributed by atoms with van der Waals surface area (Å²) in [5, 5.41) is 20.0. The lowest BCUT2D eigenvalue weighted by molar-refractivity contribution is -0.137. The summed E-state index contributed by atoms with van der Waals surface area (Å²) in [5.41, 5.74) is -0.216. The van der Waals surface area contributed by atoms with Crippen molar-refractivity contribution in [3.05, 3.63) is 47.3 Å². The van der Waals surface area contributed by atoms with Crippen molar-refractivity contribution in [2.24, 2.45) is 0 Å². The molecule has 7 nitrogen and oxygen atoms in total. The van der Waals surface area contributed by atoms with E-state index in [1.165, 1.54) is 16.9 Å². The van der Waals surface area contributed by atoms with Crippen molar-refractivity contribution >= 4 is 5.91 Å². The lowest BCUT2D eigenvalue weighted by atomic mass is 10.1. The fourth-order valence-electron chi connectivity index (χ4n) is 3.17. The molecule has 0 bridgehead atoms. The highest BCUT2D eigenvalue weighted by Gasteiger charge is 2.30. The topological polar surface area (TPSA) is 83.3 Å². The van der Waals surface area contributed by atoms with Crippen LogP contribution in [0.4, 0.5) is 13.2 Å². The molecule has 1 aromatic carbocycles. The number of rotatable bonds is 6. The second kappa shape index (κ2) is 8.70. The van der Waals surface area contributed by atoms with Crippen LogP contribution in [0.2, 0.25) is 0 Å². The van der Waals surface area contributed by atoms with Gasteiger partial charge in [0.25, 0.3) is 5.91 Å². The van der Waals surface area contributed by atoms with Gasteiger partial charge >= 0.3 is 6.18 Å². The van der Waals surface area contributed by atoms with Crippen LogP contribution in [0.15, 0.2) is 30.5 Å². The quantitative estimate of drug-likeness (QED) is 0.773. The Morgan fingerprint density at radius 1 is 1.36 bits per heavy atom. The number of amides is 1. The largest absolute Gasteiger partial charge is 0.416 e. The Balaban J connectivity index is 1.51. The van der Waals surface area contributed by atoms with Gasteiger partial charge in [0.1, 0.15) is 0 Å². The fraction of sp³-hybridized carbons (Fsp3) is 0.500. The maximum atomic E-state index is 12.8. The lowest BCUT2D eigenvalue weighted by Gasteiger charge is -2.29. The van der Waals surface area contributed by atoms with Crippen molar-refractivity contribution < 1.29 is 23.1 Å². The number of alkyl halides is 3. The molecular weight excluding hydrogens is 375 g/mol. The third-order valence-corrected chi connectivity index (χ3v) is 4.56. The van der Waals surface area contributed by atoms with Crippen molar-refractivity contribution in [2.45, 2.75) is 31.7 Å². The number of aromatic nitrogens is 3. The SMILES string of the molecule is O=C(NCCN1CCCC(O)C1)c1cn(Cc2cccc(C(F)(F)F)c2)nn1. The van der Waals surface area contributed by atoms with E-state index < -0.39 is 17.6 Å². The van der Waals surface area contributed by atoms with Crippen molar-refractivity contribution in [1.29, 1.82) is 0 Å². The molecule has 1 unspecified atom stereocenters. The molecule has 2 aromatic rings. The van der Waals surface area contributed by atoms with E-state index in [4.69, 9.17) is 0 Å². The number of nitrogens with one attached hydrogen (secondary N) is 1. The third kappa shape index (κ3) is 5.52. The monoisotopic (exact) mass is 397 g/mol. The molecule has 1 saturated heterocycles. The molecule has 3 rings (SSSR count). The summed E-state index contributed by atoms with van der Waals surface area (Å²) in [4.78, 5) is 14.2. The van der Waals surface area contributed by atoms with E-state index in [-0.39, 0.29) is 18.3 Å². The van der Waals surface area contributed by atoms with Crippen LogP contribution in [0, 0.1) is 0 Å². The molecule has 2 heterocycles. The summed E-state index contributed by atoms with van der Waals surface area (Å²) in [5.74, 6) is -0.396. The number of benzene rings is 1. The standard InChI is InChI=1S/C18H22F3N5O2/c19-18(20,21)14-4-1-3-13(9-14)10-26-12-16(23-24-26)17(28)22-6-8-25-7-2-5-15(27)11-25/h1,3-4,9,12,15,27H,2,5-8,10-11H2,(H,22,28). The van der Waals surface area contributed by atoms with E-state index in [1.807, 2.05) is 0 Å². The summed E-state index contributed by atoms with van der Waals surface area (Å²) < 4.78 is 39.7. The molecule has 0 radical (unpaired) electrons. The normalized spacial score (nSPS) is 18.2. The second-order valence-corrected chi connectivity index (χ2v) is 6.85. The first-order valence-electron chi connectivity index (χ1n) is 9.06. The zero-order chi connectivity index (χ0) is 20.1. The summed E-state index contributed by atoms with van der Waals surface area (Å²) >= 11 is 0. The first-order chi connectivity index (χ1) is 13.3. The Hall–Kier alpha value is -2.46. The minimum atomic E-state index is -4.41. The number of β-amino-alcohol motifs (C(OH)–C–C–N with tert-alkyl or cyclic N) is 1. The van der Waals surface area contributed by atoms with E-state index >= 15 is 0 Å². The first-order valence-corrected chi connectivity index (χ1v) is 9.06. The van der Waals surface area contributed by atoms with Crippen LogP contribution < -0.4 is 5.32 Å². The van der Waals surface area contributed by atoms with E-state index in [9.17, 15) is 23.1 Å². The lowest BCUT2D eigenvalue weighted by Crippen LogP contribution is -2.42. The molecule has 0 saturated carbocycles. The number of hydrogen-bond donors (Lipinski definition) is 2. The fourth-order valence-corrected chi connectivity index (χ4v) is 3.17. The molecule has 1 aromatic heterocycles. The van der Waals surface area contributed by atoms with Gasteiger partial charge < -0.3 is 10.4 Å². The Labute approximate surface area is 160 Å². The molecule has 1 aliphatic rings. The molecular formula is C18H22F3N5O2. The number of halogens is 3. The number of carbonyl (C=O) groups is 1. The average Bonchev–Trinajstić information content (AvgIpc) is 3.10. The van der Waals surface area contributed by atoms with Crippen molar-refractivity contribution in [3.63, 3.8) is 0 Å². The highest BCUT2D eigenvalue weighted by molar-refractivity contribution is 5.91. The molecule has 0 spiro atoms. The van der Waals surface area contributed by atoms with Crippen LogP contribution in [0.25, 0.3) is 0 Å². The van der Waals surface area contributed by atoms with Crippen LogP contribution in [-0.4, -0.2) is 63.2 Å². The first kappa shape index (κ1) is 20.3. The zero-order valence-corrected chi connectivity index (χ0v) is 15.2. The van der Waals surface area contributed by atoms with Gasteiger partial charge in [0.05, 0.1) is 24.4 Å². The minimum absolute atomic E-state index is 0.0792. The summed E-state index contributed by atoms with van der Waals surface area (Å²) in [6.07, 6.45) is -1.59. The molecule has 1 aliphatic heterocycles. The zero-order valence-electron chi connectivity index (χ0n) is 15.2. The van der Waals surface area contributed by atoms with Gasteiger partial charge in [0.2, 0.25) is 0 Å². The Bertz CT molecular complexity index is 809. The number of aliphatic hydroxyl groups excluding tert-OH is 1. The Morgan fingerprint density at radius 2 is 2.18 bits per heavy atom. The maximum absolute atomic E-state index is 12.8. The highest BCUT2D eigenvalue weighted by atomic mass is 19.4. The van der Waals surface area contributed by atoms with Gasteiger partial charge in [0.15, 0.2) is 5.69 Å². The molecule has 1 atom stereocenters. The number of piperidine rings is 1. The molecule has 10 heteroatoms. The van der Waals surface area contributed by atoms with Crippen LogP contribution in [0.3, 0.4) is 0 Å². The predicted octanol–water partition coefficient (Wildman–Crippen LogP) is 1.53. The van der Waals surface area contributed by atoms with Gasteiger partial charge in [0, 0.05) is 19.6 Å². The van der Waals surface area contributed by atoms with Crippen molar-refractivity contribution in [1.82, 2.24) is 25.2 Å². The maximum Gasteiger partial charge on any atom is 0.416 e. The van der Waals surface area contributed by atoms with Crippen LogP contribution in [-0.2, 0) is 12.7 Å². The van der Waals surface area contributed by atoms with Crippen LogP contribution >= 0.6 is 0 Å². The average molecular weight is 397 g/mol. The van der Waals surface area contributed by atoms with Gasteiger partial charge in [-0.15, -0.1) is 5.10 Å². The molecule has 28 heavy (non-hydrogen) atoms. The smallest absolute Gasteiger partial charge is 0.392 e. The van der Waals surface area contributed by atoms with E-state index in [0.717, 1.165) is 31.5 Å². The van der Waals surface area contributed by atoms with E-state index in [2.05, 4.69) is 20.5 Å². The summed E-state index contributed by atoms with van der Waals surface area (Å²) in [6.45, 7) is 2.60. The van der Waals surface area contributed by atoms with Crippen LogP contribution in [0.1, 0.15) is 34.5 Å². The van der Waals surface area contributed by atoms with E-state index in [1.54, 1.807) is 6.07 Å². The highest BCUT2D eigenvalue weighted by Crippen LogP contribution is 2.29. The van der Waals surface area contributed by atoms with Gasteiger partial charge in [-0.25, -0.2) is 4.68 Å². The predicted molar refractivity (Wildman–Crippen MR) is 94.6 cm³/mol. The number of carbonyl (C=O) groups excluding carboxylic acids is 1. The van der Waals surface area contributed by atoms with E-state index in [0.29, 0.717) is 25.2 Å². The second-order valence-electron chi connectivity index (χ2n) is 6.85. The minimum Gasteiger partial charge on any atom is -0.392 e. The number of nitrogens with zero attached hydrogens (tertiary/aromatic N) is 4. The van der Waals surface area contributed by atoms with Crippen molar-refractivity contribution in [2.75, 3.05) is 26.2 Å². The summed E-state index contributed by atoms with van der Waals surface area (Å²) in [6, 6.07) is 4.95. The molecule has 1 fully saturated rings. The van der Waals surface area contributed by atoms with Gasteiger partial charge in [-0.1, -0.05) is 17.3 Å². The number of hydrogen-bond acceptors (Lipinski definition) is 5. The van der Waals surface area contributed by atoms with Gasteiger partial charge in [-0.05, 0) is 37.1 Å². The number of aliphatic hydroxyl groups is 1. The molecule has 152 valence electrons. The Kier molecular flexibility index (Phi) is 6.30. The molecule has 2 N–H and O–H groups in total. The number of likely N-dealkylation sites (tertiary alicyclic amines) is 1. The Morgan fingerprint density at radius 3 is 2.93 bits per heavy atom. The van der Waals surface area contributed by atoms with Gasteiger partial charge in [-0.3, -0.25) is 9.69 Å². The van der Waals surface area contributed by atoms with Crippen molar-refractivity contribution in [3.8, 4) is 0 Å². The molecule has 1 amide bonds.